The number of carboxylic acid groups (broad SMARTS) is 1. The zero-order valence-electron chi connectivity index (χ0n) is 22.7. The van der Waals surface area contributed by atoms with E-state index >= 15 is 0 Å². The van der Waals surface area contributed by atoms with Crippen molar-refractivity contribution < 1.29 is 19.4 Å². The fourth-order valence-corrected chi connectivity index (χ4v) is 7.35. The average molecular weight is 605 g/mol. The Hall–Kier alpha value is -3.46. The van der Waals surface area contributed by atoms with E-state index in [0.29, 0.717) is 41.3 Å². The number of aryl methyl sites for hydroxylation is 1. The van der Waals surface area contributed by atoms with Gasteiger partial charge in [0.2, 0.25) is 0 Å². The Kier molecular flexibility index (Phi) is 7.97. The summed E-state index contributed by atoms with van der Waals surface area (Å²) >= 11 is 9.67. The van der Waals surface area contributed by atoms with Gasteiger partial charge in [0.25, 0.3) is 0 Å². The van der Waals surface area contributed by atoms with Crippen molar-refractivity contribution in [3.63, 3.8) is 0 Å². The standard InChI is InChI=1S/C32H29ClN2O4S2/c1-19-13-25-29(38-16-24-18-40-20(2)34-24)12-11-26-31(25)32(41-19)27(35(26)15-21-7-9-23(33)10-8-21)17-39-28-6-4-3-5-22(28)14-30(36)37/h3-12,18-19H,13-17H2,1-2H3,(H,36,37). The lowest BCUT2D eigenvalue weighted by molar-refractivity contribution is -0.136. The highest BCUT2D eigenvalue weighted by atomic mass is 35.5. The second kappa shape index (κ2) is 11.8. The number of hydrogen-bond donors (Lipinski definition) is 1. The van der Waals surface area contributed by atoms with E-state index in [1.54, 1.807) is 17.4 Å². The SMILES string of the molecule is Cc1nc(COc2ccc3c4c2CC(C)Sc4c(COc2ccccc2CC(=O)O)n3Cc2ccc(Cl)cc2)cs1. The Morgan fingerprint density at radius 2 is 1.85 bits per heavy atom. The van der Waals surface area contributed by atoms with E-state index in [9.17, 15) is 9.90 Å². The molecule has 3 aromatic carbocycles. The molecule has 1 atom stereocenters. The van der Waals surface area contributed by atoms with Crippen LogP contribution >= 0.6 is 34.7 Å². The Balaban J connectivity index is 1.42. The Bertz CT molecular complexity index is 1730. The van der Waals surface area contributed by atoms with Crippen LogP contribution in [0.1, 0.15) is 40.0 Å². The minimum atomic E-state index is -0.887. The van der Waals surface area contributed by atoms with E-state index in [-0.39, 0.29) is 6.42 Å². The van der Waals surface area contributed by atoms with Crippen molar-refractivity contribution in [1.82, 2.24) is 9.55 Å². The number of benzene rings is 3. The van der Waals surface area contributed by atoms with Crippen LogP contribution in [0.15, 0.2) is 70.9 Å². The quantitative estimate of drug-likeness (QED) is 0.174. The number of thioether (sulfide) groups is 1. The van der Waals surface area contributed by atoms with E-state index in [2.05, 4.69) is 28.6 Å². The molecule has 0 saturated carbocycles. The molecule has 0 bridgehead atoms. The van der Waals surface area contributed by atoms with Crippen molar-refractivity contribution in [1.29, 1.82) is 0 Å². The van der Waals surface area contributed by atoms with Crippen LogP contribution in [0.3, 0.4) is 0 Å². The summed E-state index contributed by atoms with van der Waals surface area (Å²) in [5.74, 6) is 0.587. The third kappa shape index (κ3) is 5.96. The highest BCUT2D eigenvalue weighted by molar-refractivity contribution is 8.00. The number of para-hydroxylation sites is 1. The van der Waals surface area contributed by atoms with Crippen LogP contribution in [0.4, 0.5) is 0 Å². The fourth-order valence-electron chi connectivity index (χ4n) is 5.32. The number of carbonyl (C=O) groups is 1. The largest absolute Gasteiger partial charge is 0.487 e. The molecule has 2 aromatic heterocycles. The zero-order valence-corrected chi connectivity index (χ0v) is 25.1. The molecule has 0 aliphatic carbocycles. The fraction of sp³-hybridized carbons (Fsp3) is 0.250. The summed E-state index contributed by atoms with van der Waals surface area (Å²) in [7, 11) is 0. The summed E-state index contributed by atoms with van der Waals surface area (Å²) in [4.78, 5) is 17.2. The monoisotopic (exact) mass is 604 g/mol. The van der Waals surface area contributed by atoms with Crippen molar-refractivity contribution in [2.24, 2.45) is 0 Å². The first-order valence-corrected chi connectivity index (χ1v) is 15.5. The molecule has 1 N–H and O–H groups in total. The first-order chi connectivity index (χ1) is 19.9. The van der Waals surface area contributed by atoms with Gasteiger partial charge >= 0.3 is 5.97 Å². The summed E-state index contributed by atoms with van der Waals surface area (Å²) in [5.41, 5.74) is 6.11. The average Bonchev–Trinajstić information content (AvgIpc) is 3.49. The summed E-state index contributed by atoms with van der Waals surface area (Å²) in [6, 6.07) is 19.5. The maximum Gasteiger partial charge on any atom is 0.307 e. The van der Waals surface area contributed by atoms with Gasteiger partial charge in [0.05, 0.1) is 28.3 Å². The van der Waals surface area contributed by atoms with E-state index in [0.717, 1.165) is 39.6 Å². The van der Waals surface area contributed by atoms with Gasteiger partial charge in [-0.1, -0.05) is 48.9 Å². The van der Waals surface area contributed by atoms with Gasteiger partial charge in [-0.25, -0.2) is 4.98 Å². The molecular weight excluding hydrogens is 576 g/mol. The summed E-state index contributed by atoms with van der Waals surface area (Å²) in [6.45, 7) is 5.63. The molecule has 1 unspecified atom stereocenters. The molecule has 0 saturated heterocycles. The smallest absolute Gasteiger partial charge is 0.307 e. The molecule has 0 radical (unpaired) electrons. The second-order valence-electron chi connectivity index (χ2n) is 10.2. The van der Waals surface area contributed by atoms with Crippen molar-refractivity contribution in [3.8, 4) is 11.5 Å². The van der Waals surface area contributed by atoms with Gasteiger partial charge in [-0.05, 0) is 49.2 Å². The zero-order chi connectivity index (χ0) is 28.5. The van der Waals surface area contributed by atoms with Gasteiger partial charge in [0, 0.05) is 43.6 Å². The van der Waals surface area contributed by atoms with Gasteiger partial charge in [0.1, 0.15) is 24.7 Å². The number of aromatic nitrogens is 2. The number of carboxylic acids is 1. The number of nitrogens with zero attached hydrogens (tertiary/aromatic N) is 2. The summed E-state index contributed by atoms with van der Waals surface area (Å²) < 4.78 is 15.0. The van der Waals surface area contributed by atoms with Gasteiger partial charge in [-0.15, -0.1) is 23.1 Å². The Morgan fingerprint density at radius 3 is 2.61 bits per heavy atom. The molecule has 5 aromatic rings. The topological polar surface area (TPSA) is 73.6 Å². The number of hydrogen-bond acceptors (Lipinski definition) is 6. The van der Waals surface area contributed by atoms with E-state index in [1.807, 2.05) is 66.5 Å². The maximum absolute atomic E-state index is 11.5. The summed E-state index contributed by atoms with van der Waals surface area (Å²) in [6.07, 6.45) is 0.805. The minimum Gasteiger partial charge on any atom is -0.487 e. The van der Waals surface area contributed by atoms with Gasteiger partial charge in [-0.2, -0.15) is 0 Å². The molecule has 1 aliphatic heterocycles. The molecule has 41 heavy (non-hydrogen) atoms. The van der Waals surface area contributed by atoms with Gasteiger partial charge < -0.3 is 19.1 Å². The van der Waals surface area contributed by atoms with Gasteiger partial charge in [-0.3, -0.25) is 4.79 Å². The number of aliphatic carboxylic acids is 1. The van der Waals surface area contributed by atoms with Crippen molar-refractivity contribution >= 4 is 51.6 Å². The van der Waals surface area contributed by atoms with Gasteiger partial charge in [0.15, 0.2) is 0 Å². The number of thiazole rings is 1. The lowest BCUT2D eigenvalue weighted by Crippen LogP contribution is -2.11. The number of ether oxygens (including phenoxy) is 2. The molecule has 0 fully saturated rings. The van der Waals surface area contributed by atoms with E-state index in [4.69, 9.17) is 21.1 Å². The van der Waals surface area contributed by atoms with Crippen molar-refractivity contribution in [2.45, 2.75) is 56.6 Å². The molecule has 0 spiro atoms. The van der Waals surface area contributed by atoms with E-state index in [1.165, 1.54) is 15.8 Å². The van der Waals surface area contributed by atoms with Crippen molar-refractivity contribution in [3.05, 3.63) is 104 Å². The van der Waals surface area contributed by atoms with Crippen molar-refractivity contribution in [2.75, 3.05) is 0 Å². The Labute approximate surface area is 251 Å². The highest BCUT2D eigenvalue weighted by Crippen LogP contribution is 2.47. The lowest BCUT2D eigenvalue weighted by atomic mass is 10.0. The molecule has 0 amide bonds. The molecular formula is C32H29ClN2O4S2. The first-order valence-electron chi connectivity index (χ1n) is 13.4. The van der Waals surface area contributed by atoms with Crippen LogP contribution in [-0.2, 0) is 37.4 Å². The number of halogens is 1. The second-order valence-corrected chi connectivity index (χ2v) is 13.1. The van der Waals surface area contributed by atoms with Crippen LogP contribution in [0.2, 0.25) is 5.02 Å². The lowest BCUT2D eigenvalue weighted by Gasteiger charge is -2.22. The van der Waals surface area contributed by atoms with E-state index < -0.39 is 5.97 Å². The molecule has 9 heteroatoms. The van der Waals surface area contributed by atoms with Crippen LogP contribution in [-0.4, -0.2) is 25.9 Å². The Morgan fingerprint density at radius 1 is 1.07 bits per heavy atom. The first kappa shape index (κ1) is 27.7. The summed E-state index contributed by atoms with van der Waals surface area (Å²) in [5, 5.41) is 14.7. The van der Waals surface area contributed by atoms with Crippen LogP contribution in [0.25, 0.3) is 10.9 Å². The third-order valence-electron chi connectivity index (χ3n) is 7.14. The molecule has 210 valence electrons. The molecule has 1 aliphatic rings. The molecule has 3 heterocycles. The molecule has 6 rings (SSSR count). The molecule has 6 nitrogen and oxygen atoms in total. The van der Waals surface area contributed by atoms with Crippen LogP contribution in [0.5, 0.6) is 11.5 Å². The minimum absolute atomic E-state index is 0.0913. The maximum atomic E-state index is 11.5. The van der Waals surface area contributed by atoms with Crippen LogP contribution < -0.4 is 9.47 Å². The predicted octanol–water partition coefficient (Wildman–Crippen LogP) is 7.93. The normalized spacial score (nSPS) is 14.4. The predicted molar refractivity (Wildman–Crippen MR) is 165 cm³/mol. The third-order valence-corrected chi connectivity index (χ3v) is 9.46. The van der Waals surface area contributed by atoms with Crippen LogP contribution in [0, 0.1) is 6.92 Å². The number of rotatable bonds is 10. The highest BCUT2D eigenvalue weighted by Gasteiger charge is 2.29.